The molecule has 0 saturated carbocycles. The third kappa shape index (κ3) is 8.63. The van der Waals surface area contributed by atoms with E-state index in [4.69, 9.17) is 12.2 Å². The summed E-state index contributed by atoms with van der Waals surface area (Å²) in [6, 6.07) is 0.410. The summed E-state index contributed by atoms with van der Waals surface area (Å²) in [5.41, 5.74) is 0. The van der Waals surface area contributed by atoms with E-state index in [1.54, 1.807) is 0 Å². The molecule has 0 fully saturated rings. The van der Waals surface area contributed by atoms with Crippen molar-refractivity contribution in [3.63, 3.8) is 0 Å². The molecule has 0 rings (SSSR count). The highest BCUT2D eigenvalue weighted by molar-refractivity contribution is 7.80. The first kappa shape index (κ1) is 14.6. The van der Waals surface area contributed by atoms with E-state index >= 15 is 0 Å². The van der Waals surface area contributed by atoms with Gasteiger partial charge in [0, 0.05) is 12.6 Å². The van der Waals surface area contributed by atoms with Crippen LogP contribution in [0.3, 0.4) is 0 Å². The average molecular weight is 231 g/mol. The summed E-state index contributed by atoms with van der Waals surface area (Å²) in [5, 5.41) is 7.14. The van der Waals surface area contributed by atoms with Crippen LogP contribution in [-0.2, 0) is 0 Å². The van der Waals surface area contributed by atoms with Crippen molar-refractivity contribution in [3.05, 3.63) is 0 Å². The first-order chi connectivity index (χ1) is 7.10. The minimum absolute atomic E-state index is 0.410. The monoisotopic (exact) mass is 231 g/mol. The van der Waals surface area contributed by atoms with Crippen LogP contribution in [0.1, 0.15) is 34.1 Å². The van der Waals surface area contributed by atoms with E-state index in [9.17, 15) is 0 Å². The van der Waals surface area contributed by atoms with E-state index in [0.29, 0.717) is 6.04 Å². The summed E-state index contributed by atoms with van der Waals surface area (Å²) in [4.78, 5) is 2.42. The quantitative estimate of drug-likeness (QED) is 0.514. The Bertz CT molecular complexity index is 167. The molecule has 0 atom stereocenters. The summed E-state index contributed by atoms with van der Waals surface area (Å²) in [5.74, 6) is 0. The Kier molecular flexibility index (Phi) is 8.71. The standard InChI is InChI=1S/C11H25N3S/c1-5-14(6-2)9-7-8-12-11(15)13-10(3)4/h10H,5-9H2,1-4H3,(H2,12,13,15). The minimum Gasteiger partial charge on any atom is -0.363 e. The molecule has 0 aliphatic carbocycles. The van der Waals surface area contributed by atoms with Crippen LogP contribution in [0.5, 0.6) is 0 Å². The number of nitrogens with one attached hydrogen (secondary N) is 2. The van der Waals surface area contributed by atoms with E-state index in [1.165, 1.54) is 0 Å². The normalized spacial score (nSPS) is 10.8. The zero-order valence-corrected chi connectivity index (χ0v) is 11.3. The van der Waals surface area contributed by atoms with E-state index in [-0.39, 0.29) is 0 Å². The maximum atomic E-state index is 5.13. The molecule has 0 amide bonds. The molecule has 0 aliphatic rings. The molecule has 0 spiro atoms. The Hall–Kier alpha value is -0.350. The predicted octanol–water partition coefficient (Wildman–Crippen LogP) is 1.59. The smallest absolute Gasteiger partial charge is 0.166 e. The minimum atomic E-state index is 0.410. The topological polar surface area (TPSA) is 27.3 Å². The van der Waals surface area contributed by atoms with Gasteiger partial charge in [0.2, 0.25) is 0 Å². The summed E-state index contributed by atoms with van der Waals surface area (Å²) in [7, 11) is 0. The average Bonchev–Trinajstić information content (AvgIpc) is 2.17. The van der Waals surface area contributed by atoms with Crippen LogP contribution in [0.4, 0.5) is 0 Å². The predicted molar refractivity (Wildman–Crippen MR) is 71.3 cm³/mol. The second kappa shape index (κ2) is 8.92. The van der Waals surface area contributed by atoms with Gasteiger partial charge in [-0.1, -0.05) is 13.8 Å². The highest BCUT2D eigenvalue weighted by Crippen LogP contribution is 1.89. The van der Waals surface area contributed by atoms with Gasteiger partial charge in [-0.15, -0.1) is 0 Å². The van der Waals surface area contributed by atoms with Crippen molar-refractivity contribution in [2.45, 2.75) is 40.2 Å². The lowest BCUT2D eigenvalue weighted by Crippen LogP contribution is -2.40. The molecule has 0 radical (unpaired) electrons. The summed E-state index contributed by atoms with van der Waals surface area (Å²) < 4.78 is 0. The van der Waals surface area contributed by atoms with Crippen LogP contribution >= 0.6 is 12.2 Å². The first-order valence-corrected chi connectivity index (χ1v) is 6.27. The molecule has 0 unspecified atom stereocenters. The summed E-state index contributed by atoms with van der Waals surface area (Å²) in [6.45, 7) is 12.9. The SMILES string of the molecule is CCN(CC)CCCNC(=S)NC(C)C. The molecule has 0 saturated heterocycles. The number of thiocarbonyl (C=S) groups is 1. The zero-order chi connectivity index (χ0) is 11.7. The second-order valence-corrected chi connectivity index (χ2v) is 4.34. The third-order valence-electron chi connectivity index (χ3n) is 2.25. The van der Waals surface area contributed by atoms with Gasteiger partial charge in [0.15, 0.2) is 5.11 Å². The number of nitrogens with zero attached hydrogens (tertiary/aromatic N) is 1. The van der Waals surface area contributed by atoms with E-state index in [2.05, 4.69) is 43.2 Å². The second-order valence-electron chi connectivity index (χ2n) is 3.94. The number of rotatable bonds is 7. The van der Waals surface area contributed by atoms with Gasteiger partial charge in [0.05, 0.1) is 0 Å². The molecule has 3 nitrogen and oxygen atoms in total. The van der Waals surface area contributed by atoms with Crippen molar-refractivity contribution in [1.29, 1.82) is 0 Å². The van der Waals surface area contributed by atoms with Crippen molar-refractivity contribution >= 4 is 17.3 Å². The molecule has 0 aromatic rings. The molecule has 4 heteroatoms. The third-order valence-corrected chi connectivity index (χ3v) is 2.51. The Morgan fingerprint density at radius 2 is 1.87 bits per heavy atom. The van der Waals surface area contributed by atoms with Gasteiger partial charge in [-0.3, -0.25) is 0 Å². The highest BCUT2D eigenvalue weighted by Gasteiger charge is 1.99. The molecular weight excluding hydrogens is 206 g/mol. The lowest BCUT2D eigenvalue weighted by Gasteiger charge is -2.18. The lowest BCUT2D eigenvalue weighted by atomic mass is 10.3. The van der Waals surface area contributed by atoms with Gasteiger partial charge < -0.3 is 15.5 Å². The van der Waals surface area contributed by atoms with Crippen LogP contribution in [0.25, 0.3) is 0 Å². The number of hydrogen-bond acceptors (Lipinski definition) is 2. The van der Waals surface area contributed by atoms with E-state index < -0.39 is 0 Å². The Labute approximate surface area is 99.6 Å². The van der Waals surface area contributed by atoms with Crippen LogP contribution < -0.4 is 10.6 Å². The van der Waals surface area contributed by atoms with Gasteiger partial charge in [-0.25, -0.2) is 0 Å². The summed E-state index contributed by atoms with van der Waals surface area (Å²) >= 11 is 5.13. The zero-order valence-electron chi connectivity index (χ0n) is 10.5. The van der Waals surface area contributed by atoms with Crippen molar-refractivity contribution in [2.24, 2.45) is 0 Å². The summed E-state index contributed by atoms with van der Waals surface area (Å²) in [6.07, 6.45) is 1.14. The fourth-order valence-electron chi connectivity index (χ4n) is 1.36. The van der Waals surface area contributed by atoms with Crippen LogP contribution in [0.2, 0.25) is 0 Å². The first-order valence-electron chi connectivity index (χ1n) is 5.86. The van der Waals surface area contributed by atoms with Gasteiger partial charge >= 0.3 is 0 Å². The van der Waals surface area contributed by atoms with Crippen molar-refractivity contribution in [2.75, 3.05) is 26.2 Å². The van der Waals surface area contributed by atoms with Crippen molar-refractivity contribution < 1.29 is 0 Å². The maximum Gasteiger partial charge on any atom is 0.166 e. The van der Waals surface area contributed by atoms with E-state index in [1.807, 2.05) is 0 Å². The van der Waals surface area contributed by atoms with Gasteiger partial charge in [0.25, 0.3) is 0 Å². The van der Waals surface area contributed by atoms with Gasteiger partial charge in [-0.05, 0) is 52.1 Å². The van der Waals surface area contributed by atoms with E-state index in [0.717, 1.165) is 37.7 Å². The van der Waals surface area contributed by atoms with Gasteiger partial charge in [0.1, 0.15) is 0 Å². The largest absolute Gasteiger partial charge is 0.363 e. The maximum absolute atomic E-state index is 5.13. The fourth-order valence-corrected chi connectivity index (χ4v) is 1.70. The Morgan fingerprint density at radius 1 is 1.27 bits per heavy atom. The molecule has 0 aromatic heterocycles. The van der Waals surface area contributed by atoms with Crippen LogP contribution in [0, 0.1) is 0 Å². The molecular formula is C11H25N3S. The van der Waals surface area contributed by atoms with Crippen LogP contribution in [-0.4, -0.2) is 42.2 Å². The Morgan fingerprint density at radius 3 is 2.33 bits per heavy atom. The molecule has 90 valence electrons. The lowest BCUT2D eigenvalue weighted by molar-refractivity contribution is 0.300. The molecule has 0 bridgehead atoms. The molecule has 2 N–H and O–H groups in total. The molecule has 0 heterocycles. The fraction of sp³-hybridized carbons (Fsp3) is 0.909. The van der Waals surface area contributed by atoms with Gasteiger partial charge in [-0.2, -0.15) is 0 Å². The highest BCUT2D eigenvalue weighted by atomic mass is 32.1. The number of hydrogen-bond donors (Lipinski definition) is 2. The van der Waals surface area contributed by atoms with Crippen molar-refractivity contribution in [1.82, 2.24) is 15.5 Å². The molecule has 15 heavy (non-hydrogen) atoms. The van der Waals surface area contributed by atoms with Crippen molar-refractivity contribution in [3.8, 4) is 0 Å². The molecule has 0 aliphatic heterocycles. The Balaban J connectivity index is 3.41. The van der Waals surface area contributed by atoms with Crippen LogP contribution in [0.15, 0.2) is 0 Å². The molecule has 0 aromatic carbocycles.